The smallest absolute Gasteiger partial charge is 0.316 e. The molecule has 1 amide bonds. The van der Waals surface area contributed by atoms with Crippen molar-refractivity contribution in [3.63, 3.8) is 0 Å². The lowest BCUT2D eigenvalue weighted by atomic mass is 9.98. The summed E-state index contributed by atoms with van der Waals surface area (Å²) in [6, 6.07) is 13.2. The van der Waals surface area contributed by atoms with Crippen LogP contribution < -0.4 is 5.32 Å². The monoisotopic (exact) mass is 391 g/mol. The molecule has 1 N–H and O–H groups in total. The fraction of sp³-hybridized carbons (Fsp3) is 0.300. The zero-order valence-corrected chi connectivity index (χ0v) is 16.6. The fourth-order valence-electron chi connectivity index (χ4n) is 2.40. The Bertz CT molecular complexity index is 792. The number of hydrogen-bond acceptors (Lipinski definition) is 4. The Morgan fingerprint density at radius 1 is 1.15 bits per heavy atom. The van der Waals surface area contributed by atoms with Crippen LogP contribution in [0.2, 0.25) is 5.02 Å². The van der Waals surface area contributed by atoms with Gasteiger partial charge in [0, 0.05) is 10.6 Å². The van der Waals surface area contributed by atoms with E-state index in [0.717, 1.165) is 21.7 Å². The van der Waals surface area contributed by atoms with Crippen molar-refractivity contribution >= 4 is 40.9 Å². The summed E-state index contributed by atoms with van der Waals surface area (Å²) < 4.78 is 5.06. The Morgan fingerprint density at radius 2 is 1.88 bits per heavy atom. The molecular weight excluding hydrogens is 370 g/mol. The number of halogens is 1. The van der Waals surface area contributed by atoms with Gasteiger partial charge in [0.1, 0.15) is 0 Å². The largest absolute Gasteiger partial charge is 0.455 e. The van der Waals surface area contributed by atoms with Crippen molar-refractivity contribution in [3.8, 4) is 0 Å². The van der Waals surface area contributed by atoms with E-state index < -0.39 is 5.97 Å². The summed E-state index contributed by atoms with van der Waals surface area (Å²) in [5.41, 5.74) is 2.82. The minimum Gasteiger partial charge on any atom is -0.455 e. The van der Waals surface area contributed by atoms with Gasteiger partial charge < -0.3 is 10.1 Å². The quantitative estimate of drug-likeness (QED) is 0.530. The Hall–Kier alpha value is -1.98. The van der Waals surface area contributed by atoms with E-state index >= 15 is 0 Å². The second-order valence-electron chi connectivity index (χ2n) is 6.12. The topological polar surface area (TPSA) is 55.4 Å². The van der Waals surface area contributed by atoms with Crippen LogP contribution in [-0.2, 0) is 14.3 Å². The molecule has 0 bridgehead atoms. The number of para-hydroxylation sites is 1. The van der Waals surface area contributed by atoms with E-state index in [4.69, 9.17) is 16.3 Å². The fourth-order valence-corrected chi connectivity index (χ4v) is 3.44. The predicted molar refractivity (Wildman–Crippen MR) is 107 cm³/mol. The van der Waals surface area contributed by atoms with Gasteiger partial charge in [0.25, 0.3) is 5.91 Å². The van der Waals surface area contributed by atoms with Gasteiger partial charge in [0.15, 0.2) is 6.61 Å². The van der Waals surface area contributed by atoms with Crippen molar-refractivity contribution in [2.45, 2.75) is 31.6 Å². The van der Waals surface area contributed by atoms with E-state index in [1.165, 1.54) is 11.8 Å². The standard InChI is InChI=1S/C20H22ClNO3S/c1-13(2)15-8-6-7-14(3)20(15)22-18(23)11-25-19(24)12-26-17-10-5-4-9-16(17)21/h4-10,13H,11-12H2,1-3H3,(H,22,23). The molecule has 0 aliphatic carbocycles. The maximum Gasteiger partial charge on any atom is 0.316 e. The van der Waals surface area contributed by atoms with Crippen LogP contribution in [0.25, 0.3) is 0 Å². The maximum atomic E-state index is 12.2. The molecule has 2 rings (SSSR count). The highest BCUT2D eigenvalue weighted by Crippen LogP contribution is 2.28. The summed E-state index contributed by atoms with van der Waals surface area (Å²) in [5.74, 6) is -0.436. The van der Waals surface area contributed by atoms with Crippen LogP contribution in [0.1, 0.15) is 30.9 Å². The van der Waals surface area contributed by atoms with Gasteiger partial charge in [-0.05, 0) is 36.1 Å². The second kappa shape index (κ2) is 9.64. The third-order valence-corrected chi connectivity index (χ3v) is 5.23. The number of thioether (sulfide) groups is 1. The molecule has 0 spiro atoms. The maximum absolute atomic E-state index is 12.2. The molecule has 2 aromatic carbocycles. The van der Waals surface area contributed by atoms with Gasteiger partial charge in [0.2, 0.25) is 0 Å². The number of esters is 1. The molecule has 6 heteroatoms. The second-order valence-corrected chi connectivity index (χ2v) is 7.55. The van der Waals surface area contributed by atoms with E-state index in [1.54, 1.807) is 6.07 Å². The summed E-state index contributed by atoms with van der Waals surface area (Å²) in [6.45, 7) is 5.76. The van der Waals surface area contributed by atoms with E-state index in [1.807, 2.05) is 43.3 Å². The first kappa shape index (κ1) is 20.3. The highest BCUT2D eigenvalue weighted by molar-refractivity contribution is 8.00. The molecule has 2 aromatic rings. The van der Waals surface area contributed by atoms with Gasteiger partial charge >= 0.3 is 5.97 Å². The normalized spacial score (nSPS) is 10.7. The number of hydrogen-bond donors (Lipinski definition) is 1. The van der Waals surface area contributed by atoms with Crippen molar-refractivity contribution in [1.82, 2.24) is 0 Å². The number of amides is 1. The number of nitrogens with one attached hydrogen (secondary N) is 1. The molecule has 0 saturated carbocycles. The van der Waals surface area contributed by atoms with Crippen molar-refractivity contribution < 1.29 is 14.3 Å². The van der Waals surface area contributed by atoms with Gasteiger partial charge in [-0.15, -0.1) is 11.8 Å². The van der Waals surface area contributed by atoms with Gasteiger partial charge in [-0.1, -0.05) is 55.8 Å². The van der Waals surface area contributed by atoms with Crippen molar-refractivity contribution in [3.05, 3.63) is 58.6 Å². The van der Waals surface area contributed by atoms with Crippen LogP contribution in [0.3, 0.4) is 0 Å². The van der Waals surface area contributed by atoms with Crippen molar-refractivity contribution in [2.75, 3.05) is 17.7 Å². The van der Waals surface area contributed by atoms with Crippen LogP contribution in [0, 0.1) is 6.92 Å². The summed E-state index contributed by atoms with van der Waals surface area (Å²) in [4.78, 5) is 24.8. The molecule has 0 heterocycles. The van der Waals surface area contributed by atoms with Gasteiger partial charge in [0.05, 0.1) is 10.8 Å². The molecule has 0 aromatic heterocycles. The van der Waals surface area contributed by atoms with Gasteiger partial charge in [-0.25, -0.2) is 0 Å². The first-order valence-corrected chi connectivity index (χ1v) is 9.67. The Balaban J connectivity index is 1.85. The summed E-state index contributed by atoms with van der Waals surface area (Å²) in [5, 5.41) is 3.44. The lowest BCUT2D eigenvalue weighted by molar-refractivity contribution is -0.144. The molecule has 4 nitrogen and oxygen atoms in total. The molecule has 138 valence electrons. The Morgan fingerprint density at radius 3 is 2.58 bits per heavy atom. The molecule has 0 aliphatic heterocycles. The average Bonchev–Trinajstić information content (AvgIpc) is 2.60. The number of aryl methyl sites for hydroxylation is 1. The summed E-state index contributed by atoms with van der Waals surface area (Å²) in [6.07, 6.45) is 0. The number of rotatable bonds is 7. The van der Waals surface area contributed by atoms with Crippen LogP contribution in [-0.4, -0.2) is 24.2 Å². The number of benzene rings is 2. The molecule has 0 unspecified atom stereocenters. The molecule has 26 heavy (non-hydrogen) atoms. The zero-order valence-electron chi connectivity index (χ0n) is 15.0. The van der Waals surface area contributed by atoms with Crippen LogP contribution in [0.4, 0.5) is 5.69 Å². The number of carbonyl (C=O) groups is 2. The SMILES string of the molecule is Cc1cccc(C(C)C)c1NC(=O)COC(=O)CSc1ccccc1Cl. The summed E-state index contributed by atoms with van der Waals surface area (Å²) in [7, 11) is 0. The van der Waals surface area contributed by atoms with Gasteiger partial charge in [-0.3, -0.25) is 9.59 Å². The van der Waals surface area contributed by atoms with Crippen molar-refractivity contribution in [1.29, 1.82) is 0 Å². The number of carbonyl (C=O) groups excluding carboxylic acids is 2. The lowest BCUT2D eigenvalue weighted by Gasteiger charge is -2.16. The third kappa shape index (κ3) is 5.78. The van der Waals surface area contributed by atoms with Gasteiger partial charge in [-0.2, -0.15) is 0 Å². The van der Waals surface area contributed by atoms with Crippen LogP contribution in [0.15, 0.2) is 47.4 Å². The predicted octanol–water partition coefficient (Wildman–Crippen LogP) is 5.05. The summed E-state index contributed by atoms with van der Waals surface area (Å²) >= 11 is 7.32. The Labute approximate surface area is 163 Å². The van der Waals surface area contributed by atoms with Crippen LogP contribution >= 0.6 is 23.4 Å². The number of anilines is 1. The highest BCUT2D eigenvalue weighted by Gasteiger charge is 2.14. The third-order valence-electron chi connectivity index (χ3n) is 3.74. The minimum atomic E-state index is -0.459. The Kier molecular flexibility index (Phi) is 7.54. The minimum absolute atomic E-state index is 0.0959. The van der Waals surface area contributed by atoms with E-state index in [2.05, 4.69) is 19.2 Å². The molecule has 0 saturated heterocycles. The van der Waals surface area contributed by atoms with E-state index in [-0.39, 0.29) is 24.2 Å². The molecule has 0 aliphatic rings. The van der Waals surface area contributed by atoms with E-state index in [0.29, 0.717) is 5.02 Å². The first-order valence-electron chi connectivity index (χ1n) is 8.30. The first-order chi connectivity index (χ1) is 12.4. The molecule has 0 radical (unpaired) electrons. The van der Waals surface area contributed by atoms with Crippen molar-refractivity contribution in [2.24, 2.45) is 0 Å². The molecule has 0 atom stereocenters. The van der Waals surface area contributed by atoms with Crippen LogP contribution in [0.5, 0.6) is 0 Å². The lowest BCUT2D eigenvalue weighted by Crippen LogP contribution is -2.22. The highest BCUT2D eigenvalue weighted by atomic mass is 35.5. The average molecular weight is 392 g/mol. The zero-order chi connectivity index (χ0) is 19.1. The van der Waals surface area contributed by atoms with E-state index in [9.17, 15) is 9.59 Å². The number of ether oxygens (including phenoxy) is 1. The molecule has 0 fully saturated rings. The molecular formula is C20H22ClNO3S.